The Morgan fingerprint density at radius 1 is 0.868 bits per heavy atom. The summed E-state index contributed by atoms with van der Waals surface area (Å²) < 4.78 is 1.74. The molecule has 0 aliphatic carbocycles. The smallest absolute Gasteiger partial charge is 0.323 e. The third-order valence-electron chi connectivity index (χ3n) is 7.39. The second-order valence-corrected chi connectivity index (χ2v) is 9.93. The summed E-state index contributed by atoms with van der Waals surface area (Å²) in [6.07, 6.45) is 0.920. The minimum Gasteiger partial charge on any atom is -0.338 e. The number of carbonyl (C=O) groups excluding carboxylic acids is 2. The maximum Gasteiger partial charge on any atom is 0.323 e. The first-order valence-electron chi connectivity index (χ1n) is 12.6. The Hall–Kier alpha value is -4.90. The summed E-state index contributed by atoms with van der Waals surface area (Å²) in [6.45, 7) is 1.62. The normalized spacial score (nSPS) is 17.8. The Morgan fingerprint density at radius 3 is 2.55 bits per heavy atom. The average Bonchev–Trinajstić information content (AvgIpc) is 2.94. The predicted octanol–water partition coefficient (Wildman–Crippen LogP) is 4.78. The minimum absolute atomic E-state index is 0.0108. The maximum atomic E-state index is 13.4. The minimum atomic E-state index is -0.555. The summed E-state index contributed by atoms with van der Waals surface area (Å²) in [7, 11) is 0. The number of carbonyl (C=O) groups is 2. The van der Waals surface area contributed by atoms with Gasteiger partial charge in [-0.25, -0.2) is 4.79 Å². The largest absolute Gasteiger partial charge is 0.338 e. The van der Waals surface area contributed by atoms with E-state index < -0.39 is 6.03 Å². The molecule has 3 heterocycles. The van der Waals surface area contributed by atoms with E-state index in [4.69, 9.17) is 5.26 Å². The Kier molecular flexibility index (Phi) is 5.89. The number of hydrogen-bond donors (Lipinski definition) is 2. The summed E-state index contributed by atoms with van der Waals surface area (Å²) in [4.78, 5) is 41.1. The number of likely N-dealkylation sites (tertiary alicyclic amines) is 1. The molecule has 8 nitrogen and oxygen atoms in total. The number of nitrogens with zero attached hydrogens (tertiary/aromatic N) is 3. The third-order valence-corrected chi connectivity index (χ3v) is 7.39. The van der Waals surface area contributed by atoms with Crippen LogP contribution in [0.1, 0.15) is 34.0 Å². The van der Waals surface area contributed by atoms with Crippen molar-refractivity contribution in [2.24, 2.45) is 5.92 Å². The molecule has 3 amide bonds. The van der Waals surface area contributed by atoms with E-state index in [0.29, 0.717) is 36.4 Å². The maximum absolute atomic E-state index is 13.4. The van der Waals surface area contributed by atoms with Crippen LogP contribution in [0.3, 0.4) is 0 Å². The van der Waals surface area contributed by atoms with Crippen molar-refractivity contribution in [3.8, 4) is 6.07 Å². The van der Waals surface area contributed by atoms with E-state index in [-0.39, 0.29) is 29.0 Å². The first kappa shape index (κ1) is 23.5. The van der Waals surface area contributed by atoms with Gasteiger partial charge in [0.05, 0.1) is 11.6 Å². The van der Waals surface area contributed by atoms with Gasteiger partial charge >= 0.3 is 6.03 Å². The second kappa shape index (κ2) is 9.52. The Balaban J connectivity index is 1.19. The van der Waals surface area contributed by atoms with Crippen LogP contribution in [0.25, 0.3) is 10.8 Å². The first-order chi connectivity index (χ1) is 18.5. The number of benzene rings is 3. The standard InChI is InChI=1S/C30H25N5O3/c31-15-19-4-3-7-25(13-19)32-30(38)33-26-10-11-27-24-12-20(17-35(27)29(26)37)16-34(18-24)28(36)23-9-8-21-5-1-2-6-22(21)14-23/h1-11,13-14,20,24H,12,16-18H2,(H2,32,33,38)/t20-,24+/m1/s1. The molecular weight excluding hydrogens is 478 g/mol. The van der Waals surface area contributed by atoms with Gasteiger partial charge in [-0.05, 0) is 65.6 Å². The molecule has 8 heteroatoms. The summed E-state index contributed by atoms with van der Waals surface area (Å²) in [5, 5.41) is 16.5. The second-order valence-electron chi connectivity index (χ2n) is 9.93. The zero-order chi connectivity index (χ0) is 26.2. The number of rotatable bonds is 3. The lowest BCUT2D eigenvalue weighted by Gasteiger charge is -2.43. The molecule has 0 unspecified atom stereocenters. The molecule has 2 atom stereocenters. The van der Waals surface area contributed by atoms with Crippen LogP contribution in [0.2, 0.25) is 0 Å². The molecule has 1 aromatic heterocycles. The van der Waals surface area contributed by atoms with Crippen molar-refractivity contribution < 1.29 is 9.59 Å². The zero-order valence-corrected chi connectivity index (χ0v) is 20.6. The van der Waals surface area contributed by atoms with Gasteiger partial charge in [0.1, 0.15) is 5.69 Å². The molecule has 1 fully saturated rings. The predicted molar refractivity (Wildman–Crippen MR) is 145 cm³/mol. The van der Waals surface area contributed by atoms with Crippen molar-refractivity contribution in [1.29, 1.82) is 5.26 Å². The number of pyridine rings is 1. The molecule has 3 aromatic carbocycles. The monoisotopic (exact) mass is 503 g/mol. The molecule has 188 valence electrons. The fourth-order valence-electron chi connectivity index (χ4n) is 5.66. The summed E-state index contributed by atoms with van der Waals surface area (Å²) >= 11 is 0. The van der Waals surface area contributed by atoms with Crippen LogP contribution in [-0.2, 0) is 6.54 Å². The Bertz CT molecular complexity index is 1690. The lowest BCUT2D eigenvalue weighted by Crippen LogP contribution is -2.49. The van der Waals surface area contributed by atoms with E-state index >= 15 is 0 Å². The highest BCUT2D eigenvalue weighted by atomic mass is 16.2. The van der Waals surface area contributed by atoms with Crippen LogP contribution >= 0.6 is 0 Å². The molecule has 0 spiro atoms. The number of nitriles is 1. The highest BCUT2D eigenvalue weighted by Crippen LogP contribution is 2.36. The van der Waals surface area contributed by atoms with E-state index in [1.165, 1.54) is 0 Å². The topological polar surface area (TPSA) is 107 Å². The molecule has 38 heavy (non-hydrogen) atoms. The van der Waals surface area contributed by atoms with Crippen LogP contribution in [0.4, 0.5) is 16.2 Å². The number of hydrogen-bond acceptors (Lipinski definition) is 4. The van der Waals surface area contributed by atoms with Crippen LogP contribution < -0.4 is 16.2 Å². The van der Waals surface area contributed by atoms with Gasteiger partial charge in [-0.2, -0.15) is 5.26 Å². The van der Waals surface area contributed by atoms with Gasteiger partial charge < -0.3 is 20.1 Å². The van der Waals surface area contributed by atoms with Gasteiger partial charge in [-0.3, -0.25) is 9.59 Å². The summed E-state index contributed by atoms with van der Waals surface area (Å²) in [5.41, 5.74) is 2.38. The summed E-state index contributed by atoms with van der Waals surface area (Å²) in [6, 6.07) is 25.3. The molecule has 4 aromatic rings. The van der Waals surface area contributed by atoms with Crippen molar-refractivity contribution in [1.82, 2.24) is 9.47 Å². The Labute approximate surface area is 219 Å². The van der Waals surface area contributed by atoms with Gasteiger partial charge in [-0.1, -0.05) is 36.4 Å². The highest BCUT2D eigenvalue weighted by molar-refractivity contribution is 6.00. The molecule has 2 aliphatic rings. The van der Waals surface area contributed by atoms with E-state index in [2.05, 4.69) is 10.6 Å². The van der Waals surface area contributed by atoms with Crippen LogP contribution in [-0.4, -0.2) is 34.5 Å². The third kappa shape index (κ3) is 4.39. The average molecular weight is 504 g/mol. The van der Waals surface area contributed by atoms with Crippen molar-refractivity contribution in [3.63, 3.8) is 0 Å². The van der Waals surface area contributed by atoms with Crippen LogP contribution in [0.15, 0.2) is 83.7 Å². The van der Waals surface area contributed by atoms with Crippen LogP contribution in [0, 0.1) is 17.2 Å². The highest BCUT2D eigenvalue weighted by Gasteiger charge is 2.37. The number of fused-ring (bicyclic) bond motifs is 5. The number of piperidine rings is 1. The molecule has 1 saturated heterocycles. The number of urea groups is 1. The van der Waals surface area contributed by atoms with E-state index in [1.807, 2.05) is 59.5 Å². The lowest BCUT2D eigenvalue weighted by molar-refractivity contribution is 0.0595. The van der Waals surface area contributed by atoms with E-state index in [1.54, 1.807) is 34.9 Å². The Morgan fingerprint density at radius 2 is 1.71 bits per heavy atom. The fraction of sp³-hybridized carbons (Fsp3) is 0.200. The number of amides is 3. The SMILES string of the molecule is N#Cc1cccc(NC(=O)Nc2ccc3n(c2=O)C[C@@H]2C[C@H]3CN(C(=O)c3ccc4ccccc4c3)C2)c1. The van der Waals surface area contributed by atoms with Crippen molar-refractivity contribution in [3.05, 3.63) is 106 Å². The first-order valence-corrected chi connectivity index (χ1v) is 12.6. The summed E-state index contributed by atoms with van der Waals surface area (Å²) in [5.74, 6) is 0.217. The molecule has 0 radical (unpaired) electrons. The van der Waals surface area contributed by atoms with E-state index in [9.17, 15) is 14.4 Å². The van der Waals surface area contributed by atoms with Gasteiger partial charge in [0.15, 0.2) is 0 Å². The van der Waals surface area contributed by atoms with Gasteiger partial charge in [0.2, 0.25) is 0 Å². The molecule has 2 aliphatic heterocycles. The van der Waals surface area contributed by atoms with Crippen molar-refractivity contribution >= 4 is 34.1 Å². The number of aromatic nitrogens is 1. The molecule has 2 bridgehead atoms. The number of anilines is 2. The molecule has 2 N–H and O–H groups in total. The number of nitrogens with one attached hydrogen (secondary N) is 2. The quantitative estimate of drug-likeness (QED) is 0.420. The van der Waals surface area contributed by atoms with Crippen LogP contribution in [0.5, 0.6) is 0 Å². The van der Waals surface area contributed by atoms with Crippen molar-refractivity contribution in [2.45, 2.75) is 18.9 Å². The van der Waals surface area contributed by atoms with Gasteiger partial charge in [-0.15, -0.1) is 0 Å². The van der Waals surface area contributed by atoms with E-state index in [0.717, 1.165) is 22.9 Å². The van der Waals surface area contributed by atoms with Crippen molar-refractivity contribution in [2.75, 3.05) is 23.7 Å². The van der Waals surface area contributed by atoms with Gasteiger partial charge in [0.25, 0.3) is 11.5 Å². The fourth-order valence-corrected chi connectivity index (χ4v) is 5.66. The molecule has 6 rings (SSSR count). The lowest BCUT2D eigenvalue weighted by atomic mass is 9.83. The van der Waals surface area contributed by atoms with Gasteiger partial charge in [0, 0.05) is 42.5 Å². The molecular formula is C30H25N5O3. The molecule has 0 saturated carbocycles. The zero-order valence-electron chi connectivity index (χ0n) is 20.6.